The van der Waals surface area contributed by atoms with E-state index in [1.807, 2.05) is 21.1 Å². The third-order valence-electron chi connectivity index (χ3n) is 12.2. The van der Waals surface area contributed by atoms with Crippen LogP contribution in [0.2, 0.25) is 0 Å². The summed E-state index contributed by atoms with van der Waals surface area (Å²) in [5.41, 5.74) is 0. The number of nitrogens with zero attached hydrogens (tertiary/aromatic N) is 1. The topological polar surface area (TPSA) is 111 Å². The lowest BCUT2D eigenvalue weighted by atomic mass is 10.1. The van der Waals surface area contributed by atoms with E-state index < -0.39 is 24.3 Å². The van der Waals surface area contributed by atoms with Crippen molar-refractivity contribution in [1.29, 1.82) is 0 Å². The van der Waals surface area contributed by atoms with Gasteiger partial charge in [-0.1, -0.05) is 219 Å². The number of likely N-dealkylation sites (N-methyl/N-ethyl adjacent to an activating group) is 1. The molecule has 0 spiro atoms. The van der Waals surface area contributed by atoms with Crippen molar-refractivity contribution in [2.24, 2.45) is 0 Å². The number of carboxylic acids is 1. The fourth-order valence-corrected chi connectivity index (χ4v) is 7.64. The van der Waals surface area contributed by atoms with Gasteiger partial charge in [0.15, 0.2) is 12.4 Å². The molecule has 9 nitrogen and oxygen atoms in total. The zero-order chi connectivity index (χ0) is 54.8. The molecular weight excluding hydrogens is 935 g/mol. The van der Waals surface area contributed by atoms with Crippen LogP contribution in [0.4, 0.5) is 0 Å². The Morgan fingerprint density at radius 1 is 0.413 bits per heavy atom. The maximum absolute atomic E-state index is 12.9. The first kappa shape index (κ1) is 70.7. The van der Waals surface area contributed by atoms with Crippen LogP contribution in [0.3, 0.4) is 0 Å². The maximum atomic E-state index is 12.9. The average molecular weight is 1040 g/mol. The summed E-state index contributed by atoms with van der Waals surface area (Å²) in [5, 5.41) is 11.8. The number of quaternary nitrogens is 1. The van der Waals surface area contributed by atoms with E-state index in [-0.39, 0.29) is 38.6 Å². The second-order valence-corrected chi connectivity index (χ2v) is 20.5. The van der Waals surface area contributed by atoms with Gasteiger partial charge in [0, 0.05) is 12.8 Å². The molecule has 0 amide bonds. The summed E-state index contributed by atoms with van der Waals surface area (Å²) in [6, 6.07) is 0. The quantitative estimate of drug-likeness (QED) is 0.0195. The lowest BCUT2D eigenvalue weighted by Gasteiger charge is -2.26. The van der Waals surface area contributed by atoms with Crippen LogP contribution in [-0.4, -0.2) is 82.3 Å². The molecule has 0 aliphatic rings. The van der Waals surface area contributed by atoms with E-state index >= 15 is 0 Å². The zero-order valence-electron chi connectivity index (χ0n) is 48.4. The van der Waals surface area contributed by atoms with Gasteiger partial charge in [-0.05, 0) is 109 Å². The van der Waals surface area contributed by atoms with Crippen molar-refractivity contribution in [3.63, 3.8) is 0 Å². The zero-order valence-corrected chi connectivity index (χ0v) is 48.4. The lowest BCUT2D eigenvalue weighted by molar-refractivity contribution is -0.870. The summed E-state index contributed by atoms with van der Waals surface area (Å²) < 4.78 is 22.7. The second-order valence-electron chi connectivity index (χ2n) is 20.5. The smallest absolute Gasteiger partial charge is 0.306 e. The molecule has 0 heterocycles. The Kier molecular flexibility index (Phi) is 52.7. The molecule has 2 atom stereocenters. The Hall–Kier alpha value is -4.31. The number of hydrogen-bond donors (Lipinski definition) is 0. The molecule has 426 valence electrons. The van der Waals surface area contributed by atoms with Crippen molar-refractivity contribution in [3.05, 3.63) is 122 Å². The highest BCUT2D eigenvalue weighted by Gasteiger charge is 2.22. The van der Waals surface area contributed by atoms with Crippen LogP contribution in [0.1, 0.15) is 219 Å². The first-order chi connectivity index (χ1) is 36.6. The summed E-state index contributed by atoms with van der Waals surface area (Å²) in [6.45, 7) is 4.58. The van der Waals surface area contributed by atoms with Crippen molar-refractivity contribution < 1.29 is 42.9 Å². The number of carbonyl (C=O) groups is 3. The predicted octanol–water partition coefficient (Wildman–Crippen LogP) is 16.3. The molecule has 9 heteroatoms. The molecule has 0 rings (SSSR count). The average Bonchev–Trinajstić information content (AvgIpc) is 3.38. The highest BCUT2D eigenvalue weighted by molar-refractivity contribution is 5.70. The van der Waals surface area contributed by atoms with Crippen LogP contribution >= 0.6 is 0 Å². The van der Waals surface area contributed by atoms with Gasteiger partial charge >= 0.3 is 11.9 Å². The molecule has 0 aliphatic carbocycles. The number of aliphatic carboxylic acids is 1. The number of hydrogen-bond acceptors (Lipinski definition) is 8. The van der Waals surface area contributed by atoms with Crippen LogP contribution in [-0.2, 0) is 33.3 Å². The molecule has 0 aromatic carbocycles. The molecule has 2 unspecified atom stereocenters. The Labute approximate surface area is 459 Å². The van der Waals surface area contributed by atoms with Crippen LogP contribution < -0.4 is 5.11 Å². The Balaban J connectivity index is 4.35. The summed E-state index contributed by atoms with van der Waals surface area (Å²) in [6.07, 6.45) is 75.3. The number of ether oxygens (including phenoxy) is 4. The number of esters is 2. The Morgan fingerprint density at radius 2 is 0.760 bits per heavy atom. The van der Waals surface area contributed by atoms with Gasteiger partial charge in [-0.3, -0.25) is 9.59 Å². The predicted molar refractivity (Wildman–Crippen MR) is 315 cm³/mol. The van der Waals surface area contributed by atoms with Crippen molar-refractivity contribution >= 4 is 17.9 Å². The monoisotopic (exact) mass is 1040 g/mol. The highest BCUT2D eigenvalue weighted by atomic mass is 16.7. The van der Waals surface area contributed by atoms with Crippen molar-refractivity contribution in [2.75, 3.05) is 47.5 Å². The fraction of sp³-hybridized carbons (Fsp3) is 0.652. The van der Waals surface area contributed by atoms with Gasteiger partial charge in [0.2, 0.25) is 0 Å². The largest absolute Gasteiger partial charge is 0.545 e. The van der Waals surface area contributed by atoms with E-state index in [9.17, 15) is 19.5 Å². The van der Waals surface area contributed by atoms with Gasteiger partial charge in [0.25, 0.3) is 0 Å². The standard InChI is InChI=1S/C66H109NO8/c1-6-8-10-12-14-16-18-20-22-24-26-27-28-29-30-31-32-33-34-35-36-37-39-41-43-45-47-49-51-53-55-57-64(69)75-62(61-74-66(65(70)71)72-59-58-67(3,4)5)60-73-63(68)56-54-52-50-48-46-44-42-40-38-25-23-21-19-17-15-13-11-9-7-2/h8,10,14,16,20-23,26-27,29-30,32-33,35-36,39,41,45,47,62,66H,6-7,9,11-13,15,17-19,24-25,28,31,34,37-38,40,42-44,46,48-61H2,1-5H3/b10-8-,16-14-,22-20-,23-21-,27-26-,30-29-,33-32-,36-35-,41-39-,47-45-. The van der Waals surface area contributed by atoms with Crippen LogP contribution in [0.25, 0.3) is 0 Å². The molecule has 0 aromatic heterocycles. The lowest BCUT2D eigenvalue weighted by Crippen LogP contribution is -2.44. The number of unbranched alkanes of at least 4 members (excludes halogenated alkanes) is 18. The normalized spacial score (nSPS) is 13.7. The molecule has 0 saturated carbocycles. The Bertz CT molecular complexity index is 1640. The first-order valence-corrected chi connectivity index (χ1v) is 29.7. The second kappa shape index (κ2) is 55.9. The SMILES string of the molecule is CC/C=C\C/C=C\C/C=C\C/C=C\C/C=C\C/C=C\C/C=C\C/C=C\C/C=C\CCCCCC(=O)OC(COC(=O)CCCCCCCCCCC/C=C\CCCCCCCC)COC(OCC[N+](C)(C)C)C(=O)[O-]. The van der Waals surface area contributed by atoms with Crippen molar-refractivity contribution in [1.82, 2.24) is 0 Å². The number of carbonyl (C=O) groups excluding carboxylic acids is 3. The van der Waals surface area contributed by atoms with Gasteiger partial charge < -0.3 is 33.3 Å². The number of allylic oxidation sites excluding steroid dienone is 20. The maximum Gasteiger partial charge on any atom is 0.306 e. The molecule has 0 aromatic rings. The third kappa shape index (κ3) is 57.2. The van der Waals surface area contributed by atoms with E-state index in [1.54, 1.807) is 0 Å². The minimum atomic E-state index is -1.64. The van der Waals surface area contributed by atoms with Crippen molar-refractivity contribution in [2.45, 2.75) is 232 Å². The molecular formula is C66H109NO8. The summed E-state index contributed by atoms with van der Waals surface area (Å²) >= 11 is 0. The molecule has 0 radical (unpaired) electrons. The molecule has 75 heavy (non-hydrogen) atoms. The van der Waals surface area contributed by atoms with Gasteiger partial charge in [-0.2, -0.15) is 0 Å². The highest BCUT2D eigenvalue weighted by Crippen LogP contribution is 2.14. The van der Waals surface area contributed by atoms with Gasteiger partial charge in [-0.25, -0.2) is 0 Å². The minimum Gasteiger partial charge on any atom is -0.545 e. The first-order valence-electron chi connectivity index (χ1n) is 29.7. The van der Waals surface area contributed by atoms with Crippen LogP contribution in [0, 0.1) is 0 Å². The fourth-order valence-electron chi connectivity index (χ4n) is 7.64. The van der Waals surface area contributed by atoms with Gasteiger partial charge in [0.1, 0.15) is 13.2 Å². The Morgan fingerprint density at radius 3 is 1.16 bits per heavy atom. The van der Waals surface area contributed by atoms with E-state index in [4.69, 9.17) is 18.9 Å². The molecule has 0 aliphatic heterocycles. The van der Waals surface area contributed by atoms with E-state index in [0.29, 0.717) is 17.4 Å². The number of rotatable bonds is 53. The molecule has 0 N–H and O–H groups in total. The third-order valence-corrected chi connectivity index (χ3v) is 12.2. The summed E-state index contributed by atoms with van der Waals surface area (Å²) in [5.74, 6) is -2.34. The minimum absolute atomic E-state index is 0.134. The molecule has 0 fully saturated rings. The molecule has 0 bridgehead atoms. The van der Waals surface area contributed by atoms with Crippen LogP contribution in [0.15, 0.2) is 122 Å². The summed E-state index contributed by atoms with van der Waals surface area (Å²) in [4.78, 5) is 37.3. The van der Waals surface area contributed by atoms with Gasteiger partial charge in [0.05, 0.1) is 40.3 Å². The number of carboxylic acid groups (broad SMARTS) is 1. The van der Waals surface area contributed by atoms with E-state index in [2.05, 4.69) is 135 Å². The van der Waals surface area contributed by atoms with Gasteiger partial charge in [-0.15, -0.1) is 0 Å². The van der Waals surface area contributed by atoms with Crippen LogP contribution in [0.5, 0.6) is 0 Å². The summed E-state index contributed by atoms with van der Waals surface area (Å²) in [7, 11) is 5.90. The van der Waals surface area contributed by atoms with E-state index in [1.165, 1.54) is 89.9 Å². The molecule has 0 saturated heterocycles. The van der Waals surface area contributed by atoms with E-state index in [0.717, 1.165) is 96.3 Å². The van der Waals surface area contributed by atoms with Crippen molar-refractivity contribution in [3.8, 4) is 0 Å².